The molecule has 0 fully saturated rings. The molecule has 35 heavy (non-hydrogen) atoms. The number of hydrogen-bond donors (Lipinski definition) is 1. The lowest BCUT2D eigenvalue weighted by atomic mass is 10.1. The Bertz CT molecular complexity index is 1090. The van der Waals surface area contributed by atoms with Crippen molar-refractivity contribution in [1.82, 2.24) is 10.2 Å². The topological polar surface area (TPSA) is 96.0 Å². The molecule has 0 saturated heterocycles. The summed E-state index contributed by atoms with van der Waals surface area (Å²) in [5.41, 5.74) is 1.22. The second kappa shape index (κ2) is 13.3. The largest absolute Gasteiger partial charge is 0.494 e. The zero-order valence-electron chi connectivity index (χ0n) is 20.7. The van der Waals surface area contributed by atoms with Gasteiger partial charge in [0, 0.05) is 31.1 Å². The van der Waals surface area contributed by atoms with Gasteiger partial charge in [-0.05, 0) is 63.1 Å². The average molecular weight is 524 g/mol. The van der Waals surface area contributed by atoms with E-state index in [1.807, 2.05) is 26.0 Å². The van der Waals surface area contributed by atoms with Gasteiger partial charge in [-0.15, -0.1) is 0 Å². The summed E-state index contributed by atoms with van der Waals surface area (Å²) < 4.78 is 31.6. The predicted octanol–water partition coefficient (Wildman–Crippen LogP) is 3.84. The van der Waals surface area contributed by atoms with Gasteiger partial charge in [-0.25, -0.2) is 8.42 Å². The minimum absolute atomic E-state index is 0.0667. The number of halogens is 1. The molecule has 0 radical (unpaired) electrons. The van der Waals surface area contributed by atoms with Crippen molar-refractivity contribution in [2.45, 2.75) is 46.2 Å². The Kier molecular flexibility index (Phi) is 10.9. The maximum atomic E-state index is 13.2. The van der Waals surface area contributed by atoms with Crippen LogP contribution in [0.5, 0.6) is 5.75 Å². The molecule has 0 spiro atoms. The molecular formula is C25H34ClN3O5S. The number of carbonyl (C=O) groups excluding carboxylic acids is 2. The third-order valence-electron chi connectivity index (χ3n) is 5.40. The van der Waals surface area contributed by atoms with E-state index in [9.17, 15) is 18.0 Å². The van der Waals surface area contributed by atoms with Gasteiger partial charge in [0.25, 0.3) is 0 Å². The van der Waals surface area contributed by atoms with Crippen LogP contribution in [0, 0.1) is 0 Å². The van der Waals surface area contributed by atoms with Gasteiger partial charge in [0.05, 0.1) is 18.6 Å². The molecule has 8 nitrogen and oxygen atoms in total. The Morgan fingerprint density at radius 1 is 1.09 bits per heavy atom. The number of nitrogens with zero attached hydrogens (tertiary/aromatic N) is 2. The number of benzene rings is 2. The summed E-state index contributed by atoms with van der Waals surface area (Å²) >= 11 is 6.29. The zero-order chi connectivity index (χ0) is 26.0. The summed E-state index contributed by atoms with van der Waals surface area (Å²) in [7, 11) is -3.57. The van der Waals surface area contributed by atoms with Crippen LogP contribution in [0.2, 0.25) is 5.02 Å². The second-order valence-electron chi connectivity index (χ2n) is 8.05. The van der Waals surface area contributed by atoms with Crippen molar-refractivity contribution in [3.8, 4) is 5.75 Å². The fourth-order valence-corrected chi connectivity index (χ4v) is 4.75. The highest BCUT2D eigenvalue weighted by molar-refractivity contribution is 7.92. The minimum atomic E-state index is -3.57. The monoisotopic (exact) mass is 523 g/mol. The first kappa shape index (κ1) is 28.5. The number of sulfonamides is 1. The SMILES string of the molecule is CCNC(=O)[C@H](C)N(Cc1ccccc1Cl)C(=O)CCCN(c1ccc(OCC)cc1)S(C)(=O)=O. The molecule has 0 bridgehead atoms. The molecule has 192 valence electrons. The molecule has 10 heteroatoms. The summed E-state index contributed by atoms with van der Waals surface area (Å²) in [6.45, 7) is 6.60. The van der Waals surface area contributed by atoms with Crippen molar-refractivity contribution >= 4 is 39.1 Å². The Morgan fingerprint density at radius 2 is 1.74 bits per heavy atom. The lowest BCUT2D eigenvalue weighted by molar-refractivity contribution is -0.140. The van der Waals surface area contributed by atoms with E-state index >= 15 is 0 Å². The van der Waals surface area contributed by atoms with E-state index in [2.05, 4.69) is 5.32 Å². The molecular weight excluding hydrogens is 490 g/mol. The maximum absolute atomic E-state index is 13.2. The molecule has 0 saturated carbocycles. The van der Waals surface area contributed by atoms with Crippen molar-refractivity contribution in [2.24, 2.45) is 0 Å². The van der Waals surface area contributed by atoms with E-state index in [-0.39, 0.29) is 37.7 Å². The van der Waals surface area contributed by atoms with Crippen molar-refractivity contribution < 1.29 is 22.7 Å². The minimum Gasteiger partial charge on any atom is -0.494 e. The van der Waals surface area contributed by atoms with E-state index < -0.39 is 16.1 Å². The van der Waals surface area contributed by atoms with Gasteiger partial charge in [0.1, 0.15) is 11.8 Å². The Morgan fingerprint density at radius 3 is 2.31 bits per heavy atom. The standard InChI is InChI=1S/C25H34ClN3O5S/c1-5-27-25(31)19(3)28(18-20-10-7-8-11-23(20)26)24(30)12-9-17-29(35(4,32)33)21-13-15-22(16-14-21)34-6-2/h7-8,10-11,13-16,19H,5-6,9,12,17-18H2,1-4H3,(H,27,31)/t19-/m0/s1. The fourth-order valence-electron chi connectivity index (χ4n) is 3.59. The first-order valence-corrected chi connectivity index (χ1v) is 13.8. The van der Waals surface area contributed by atoms with Crippen molar-refractivity contribution in [3.05, 3.63) is 59.1 Å². The van der Waals surface area contributed by atoms with Crippen molar-refractivity contribution in [2.75, 3.05) is 30.3 Å². The summed E-state index contributed by atoms with van der Waals surface area (Å²) in [5.74, 6) is 0.123. The number of nitrogens with one attached hydrogen (secondary N) is 1. The Hall–Kier alpha value is -2.78. The van der Waals surface area contributed by atoms with Gasteiger partial charge in [-0.1, -0.05) is 29.8 Å². The highest BCUT2D eigenvalue weighted by atomic mass is 35.5. The zero-order valence-corrected chi connectivity index (χ0v) is 22.2. The molecule has 1 atom stereocenters. The number of amides is 2. The molecule has 0 aliphatic rings. The first-order valence-electron chi connectivity index (χ1n) is 11.6. The van der Waals surface area contributed by atoms with Crippen LogP contribution in [0.25, 0.3) is 0 Å². The summed E-state index contributed by atoms with van der Waals surface area (Å²) in [5, 5.41) is 3.25. The molecule has 0 heterocycles. The molecule has 1 N–H and O–H groups in total. The average Bonchev–Trinajstić information content (AvgIpc) is 2.81. The van der Waals surface area contributed by atoms with Crippen LogP contribution >= 0.6 is 11.6 Å². The van der Waals surface area contributed by atoms with Crippen molar-refractivity contribution in [3.63, 3.8) is 0 Å². The van der Waals surface area contributed by atoms with Crippen LogP contribution in [0.4, 0.5) is 5.69 Å². The molecule has 2 amide bonds. The molecule has 0 aromatic heterocycles. The third-order valence-corrected chi connectivity index (χ3v) is 6.97. The van der Waals surface area contributed by atoms with Gasteiger partial charge < -0.3 is 15.0 Å². The fraction of sp³-hybridized carbons (Fsp3) is 0.440. The Labute approximate surface area is 213 Å². The molecule has 0 unspecified atom stereocenters. The number of anilines is 1. The number of ether oxygens (including phenoxy) is 1. The van der Waals surface area contributed by atoms with Gasteiger partial charge in [0.2, 0.25) is 21.8 Å². The summed E-state index contributed by atoms with van der Waals surface area (Å²) in [6, 6.07) is 13.2. The summed E-state index contributed by atoms with van der Waals surface area (Å²) in [6.07, 6.45) is 1.48. The quantitative estimate of drug-likeness (QED) is 0.430. The van der Waals surface area contributed by atoms with Crippen LogP contribution in [0.1, 0.15) is 39.2 Å². The highest BCUT2D eigenvalue weighted by Gasteiger charge is 2.27. The highest BCUT2D eigenvalue weighted by Crippen LogP contribution is 2.23. The Balaban J connectivity index is 2.15. The molecule has 2 rings (SSSR count). The van der Waals surface area contributed by atoms with Gasteiger partial charge in [-0.2, -0.15) is 0 Å². The van der Waals surface area contributed by atoms with E-state index in [1.165, 1.54) is 9.21 Å². The van der Waals surface area contributed by atoms with Crippen LogP contribution in [-0.2, 0) is 26.2 Å². The van der Waals surface area contributed by atoms with Crippen LogP contribution < -0.4 is 14.4 Å². The third kappa shape index (κ3) is 8.43. The van der Waals surface area contributed by atoms with E-state index in [0.29, 0.717) is 29.6 Å². The normalized spacial score (nSPS) is 12.0. The predicted molar refractivity (Wildman–Crippen MR) is 139 cm³/mol. The van der Waals surface area contributed by atoms with Crippen molar-refractivity contribution in [1.29, 1.82) is 0 Å². The smallest absolute Gasteiger partial charge is 0.242 e. The van der Waals surface area contributed by atoms with Gasteiger partial charge in [-0.3, -0.25) is 13.9 Å². The molecule has 0 aliphatic carbocycles. The number of rotatable bonds is 13. The maximum Gasteiger partial charge on any atom is 0.242 e. The summed E-state index contributed by atoms with van der Waals surface area (Å²) in [4.78, 5) is 27.2. The lowest BCUT2D eigenvalue weighted by Crippen LogP contribution is -2.47. The molecule has 2 aromatic carbocycles. The van der Waals surface area contributed by atoms with E-state index in [0.717, 1.165) is 11.8 Å². The van der Waals surface area contributed by atoms with Crippen LogP contribution in [0.3, 0.4) is 0 Å². The first-order chi connectivity index (χ1) is 16.6. The van der Waals surface area contributed by atoms with E-state index in [4.69, 9.17) is 16.3 Å². The van der Waals surface area contributed by atoms with Crippen LogP contribution in [0.15, 0.2) is 48.5 Å². The van der Waals surface area contributed by atoms with E-state index in [1.54, 1.807) is 43.3 Å². The van der Waals surface area contributed by atoms with Gasteiger partial charge in [0.15, 0.2) is 0 Å². The number of hydrogen-bond acceptors (Lipinski definition) is 5. The molecule has 2 aromatic rings. The number of likely N-dealkylation sites (N-methyl/N-ethyl adjacent to an activating group) is 1. The van der Waals surface area contributed by atoms with Crippen LogP contribution in [-0.4, -0.2) is 57.1 Å². The second-order valence-corrected chi connectivity index (χ2v) is 10.4. The lowest BCUT2D eigenvalue weighted by Gasteiger charge is -2.29. The molecule has 0 aliphatic heterocycles. The van der Waals surface area contributed by atoms with Gasteiger partial charge >= 0.3 is 0 Å². The number of carbonyl (C=O) groups is 2.